The molecule has 0 aliphatic rings. The van der Waals surface area contributed by atoms with Crippen LogP contribution in [0.15, 0.2) is 4.79 Å². The second-order valence-electron chi connectivity index (χ2n) is 6.59. The van der Waals surface area contributed by atoms with Crippen LogP contribution >= 0.6 is 11.3 Å². The van der Waals surface area contributed by atoms with Gasteiger partial charge in [0.1, 0.15) is 10.7 Å². The van der Waals surface area contributed by atoms with Gasteiger partial charge in [-0.05, 0) is 44.8 Å². The van der Waals surface area contributed by atoms with Crippen molar-refractivity contribution >= 4 is 21.6 Å². The lowest BCUT2D eigenvalue weighted by molar-refractivity contribution is 0.280. The molecule has 0 atom stereocenters. The Kier molecular flexibility index (Phi) is 5.98. The van der Waals surface area contributed by atoms with Crippen LogP contribution in [0.4, 0.5) is 0 Å². The summed E-state index contributed by atoms with van der Waals surface area (Å²) in [5, 5.41) is 0.819. The van der Waals surface area contributed by atoms with Gasteiger partial charge in [-0.25, -0.2) is 4.98 Å². The van der Waals surface area contributed by atoms with E-state index in [0.29, 0.717) is 5.92 Å². The molecule has 2 heterocycles. The summed E-state index contributed by atoms with van der Waals surface area (Å²) in [6, 6.07) is 0. The smallest absolute Gasteiger partial charge is 0.262 e. The van der Waals surface area contributed by atoms with Crippen LogP contribution in [0.5, 0.6) is 0 Å². The summed E-state index contributed by atoms with van der Waals surface area (Å²) < 4.78 is 1.92. The van der Waals surface area contributed by atoms with Crippen molar-refractivity contribution in [3.8, 4) is 0 Å². The molecule has 2 rings (SSSR count). The number of hydrogen-bond acceptors (Lipinski definition) is 4. The third-order valence-electron chi connectivity index (χ3n) is 4.56. The molecular weight excluding hydrogens is 306 g/mol. The first-order valence-electron chi connectivity index (χ1n) is 8.60. The van der Waals surface area contributed by atoms with Crippen molar-refractivity contribution in [2.45, 2.75) is 61.1 Å². The van der Waals surface area contributed by atoms with E-state index in [0.717, 1.165) is 54.2 Å². The van der Waals surface area contributed by atoms with Crippen molar-refractivity contribution in [2.24, 2.45) is 5.92 Å². The lowest BCUT2D eigenvalue weighted by atomic mass is 10.1. The number of rotatable bonds is 7. The largest absolute Gasteiger partial charge is 0.297 e. The predicted molar refractivity (Wildman–Crippen MR) is 99.4 cm³/mol. The first kappa shape index (κ1) is 18.1. The molecule has 2 aromatic rings. The molecule has 5 heteroatoms. The molecule has 0 unspecified atom stereocenters. The number of aromatic nitrogens is 2. The fourth-order valence-corrected chi connectivity index (χ4v) is 3.79. The summed E-state index contributed by atoms with van der Waals surface area (Å²) >= 11 is 1.64. The molecule has 0 aliphatic heterocycles. The highest BCUT2D eigenvalue weighted by molar-refractivity contribution is 7.18. The molecule has 23 heavy (non-hydrogen) atoms. The highest BCUT2D eigenvalue weighted by atomic mass is 32.1. The third kappa shape index (κ3) is 3.83. The standard InChI is InChI=1S/C18H29N3OS/c1-7-20(8-2)11-15-19-17-16(13(5)14(6)23-17)18(22)21(15)10-9-12(3)4/h12H,7-11H2,1-6H3. The van der Waals surface area contributed by atoms with Crippen molar-refractivity contribution in [2.75, 3.05) is 13.1 Å². The van der Waals surface area contributed by atoms with Gasteiger partial charge in [-0.15, -0.1) is 11.3 Å². The quantitative estimate of drug-likeness (QED) is 0.768. The Morgan fingerprint density at radius 1 is 1.22 bits per heavy atom. The van der Waals surface area contributed by atoms with Gasteiger partial charge in [-0.3, -0.25) is 14.3 Å². The number of thiophene rings is 1. The number of hydrogen-bond donors (Lipinski definition) is 0. The molecule has 0 bridgehead atoms. The summed E-state index contributed by atoms with van der Waals surface area (Å²) in [7, 11) is 0. The van der Waals surface area contributed by atoms with E-state index in [-0.39, 0.29) is 5.56 Å². The second kappa shape index (κ2) is 7.58. The van der Waals surface area contributed by atoms with Gasteiger partial charge in [-0.2, -0.15) is 0 Å². The molecular formula is C18H29N3OS. The van der Waals surface area contributed by atoms with Crippen LogP contribution in [0.2, 0.25) is 0 Å². The lowest BCUT2D eigenvalue weighted by Gasteiger charge is -2.20. The second-order valence-corrected chi connectivity index (χ2v) is 7.80. The van der Waals surface area contributed by atoms with Crippen LogP contribution in [-0.2, 0) is 13.1 Å². The van der Waals surface area contributed by atoms with Crippen molar-refractivity contribution in [1.82, 2.24) is 14.5 Å². The molecule has 0 radical (unpaired) electrons. The van der Waals surface area contributed by atoms with Gasteiger partial charge in [0.2, 0.25) is 0 Å². The van der Waals surface area contributed by atoms with Crippen LogP contribution in [0.25, 0.3) is 10.2 Å². The van der Waals surface area contributed by atoms with Crippen LogP contribution in [0.1, 0.15) is 50.4 Å². The molecule has 0 amide bonds. The molecule has 0 saturated carbocycles. The summed E-state index contributed by atoms with van der Waals surface area (Å²) in [6.07, 6.45) is 1.00. The number of fused-ring (bicyclic) bond motifs is 1. The Balaban J connectivity index is 2.57. The Morgan fingerprint density at radius 3 is 2.43 bits per heavy atom. The van der Waals surface area contributed by atoms with Gasteiger partial charge in [0.25, 0.3) is 5.56 Å². The minimum Gasteiger partial charge on any atom is -0.297 e. The van der Waals surface area contributed by atoms with Crippen LogP contribution < -0.4 is 5.56 Å². The monoisotopic (exact) mass is 335 g/mol. The van der Waals surface area contributed by atoms with E-state index in [2.05, 4.69) is 39.5 Å². The fraction of sp³-hybridized carbons (Fsp3) is 0.667. The minimum absolute atomic E-state index is 0.139. The van der Waals surface area contributed by atoms with Gasteiger partial charge in [0.15, 0.2) is 0 Å². The lowest BCUT2D eigenvalue weighted by Crippen LogP contribution is -2.31. The maximum atomic E-state index is 13.1. The van der Waals surface area contributed by atoms with E-state index in [9.17, 15) is 4.79 Å². The molecule has 0 saturated heterocycles. The van der Waals surface area contributed by atoms with Crippen molar-refractivity contribution < 1.29 is 0 Å². The predicted octanol–water partition coefficient (Wildman–Crippen LogP) is 3.96. The molecule has 0 spiro atoms. The highest BCUT2D eigenvalue weighted by Gasteiger charge is 2.17. The third-order valence-corrected chi connectivity index (χ3v) is 5.66. The first-order chi connectivity index (χ1) is 10.9. The average molecular weight is 336 g/mol. The van der Waals surface area contributed by atoms with Gasteiger partial charge in [0, 0.05) is 11.4 Å². The zero-order valence-corrected chi connectivity index (χ0v) is 16.1. The van der Waals surface area contributed by atoms with Gasteiger partial charge in [0.05, 0.1) is 11.9 Å². The van der Waals surface area contributed by atoms with Crippen LogP contribution in [0.3, 0.4) is 0 Å². The summed E-state index contributed by atoms with van der Waals surface area (Å²) in [4.78, 5) is 22.3. The Hall–Kier alpha value is -1.20. The van der Waals surface area contributed by atoms with Crippen LogP contribution in [0, 0.1) is 19.8 Å². The average Bonchev–Trinajstić information content (AvgIpc) is 2.78. The van der Waals surface area contributed by atoms with E-state index in [1.165, 1.54) is 4.88 Å². The summed E-state index contributed by atoms with van der Waals surface area (Å²) in [5.74, 6) is 1.48. The normalized spacial score (nSPS) is 12.0. The van der Waals surface area contributed by atoms with Crippen molar-refractivity contribution in [1.29, 1.82) is 0 Å². The van der Waals surface area contributed by atoms with E-state index in [1.54, 1.807) is 11.3 Å². The zero-order valence-electron chi connectivity index (χ0n) is 15.3. The SMILES string of the molecule is CCN(CC)Cc1nc2sc(C)c(C)c2c(=O)n1CCC(C)C. The molecule has 0 aromatic carbocycles. The highest BCUT2D eigenvalue weighted by Crippen LogP contribution is 2.26. The fourth-order valence-electron chi connectivity index (χ4n) is 2.76. The summed E-state index contributed by atoms with van der Waals surface area (Å²) in [6.45, 7) is 16.2. The number of aryl methyl sites for hydroxylation is 2. The molecule has 0 fully saturated rings. The first-order valence-corrected chi connectivity index (χ1v) is 9.42. The van der Waals surface area contributed by atoms with E-state index in [1.807, 2.05) is 11.5 Å². The van der Waals surface area contributed by atoms with E-state index >= 15 is 0 Å². The van der Waals surface area contributed by atoms with Gasteiger partial charge >= 0.3 is 0 Å². The van der Waals surface area contributed by atoms with Gasteiger partial charge in [-0.1, -0.05) is 27.7 Å². The van der Waals surface area contributed by atoms with Gasteiger partial charge < -0.3 is 0 Å². The minimum atomic E-state index is 0.139. The molecule has 0 N–H and O–H groups in total. The molecule has 0 aliphatic carbocycles. The summed E-state index contributed by atoms with van der Waals surface area (Å²) in [5.41, 5.74) is 1.23. The van der Waals surface area contributed by atoms with E-state index in [4.69, 9.17) is 4.98 Å². The van der Waals surface area contributed by atoms with Crippen molar-refractivity contribution in [3.05, 3.63) is 26.6 Å². The van der Waals surface area contributed by atoms with Crippen molar-refractivity contribution in [3.63, 3.8) is 0 Å². The molecule has 4 nitrogen and oxygen atoms in total. The topological polar surface area (TPSA) is 38.1 Å². The maximum Gasteiger partial charge on any atom is 0.262 e. The van der Waals surface area contributed by atoms with Crippen LogP contribution in [-0.4, -0.2) is 27.5 Å². The Morgan fingerprint density at radius 2 is 1.87 bits per heavy atom. The number of nitrogens with zero attached hydrogens (tertiary/aromatic N) is 3. The zero-order chi connectivity index (χ0) is 17.1. The Bertz CT molecular complexity index is 726. The van der Waals surface area contributed by atoms with E-state index < -0.39 is 0 Å². The molecule has 2 aromatic heterocycles. The Labute approximate surface area is 143 Å². The maximum absolute atomic E-state index is 13.1. The molecule has 128 valence electrons.